The summed E-state index contributed by atoms with van der Waals surface area (Å²) in [7, 11) is -3.86. The second-order valence-corrected chi connectivity index (χ2v) is 9.13. The Morgan fingerprint density at radius 3 is 2.50 bits per heavy atom. The van der Waals surface area contributed by atoms with Gasteiger partial charge >= 0.3 is 0 Å². The molecule has 0 atom stereocenters. The SMILES string of the molecule is CCOc1ccc(Br)cc1S(=O)(=O)Nc1ccc(Oc2cc(-n3cccc3)ncn2)cc1. The number of nitrogens with one attached hydrogen (secondary N) is 1. The average molecular weight is 515 g/mol. The molecule has 0 saturated carbocycles. The molecule has 164 valence electrons. The summed E-state index contributed by atoms with van der Waals surface area (Å²) in [6, 6.07) is 16.9. The second kappa shape index (κ2) is 9.41. The van der Waals surface area contributed by atoms with E-state index in [-0.39, 0.29) is 10.6 Å². The van der Waals surface area contributed by atoms with Gasteiger partial charge in [-0.15, -0.1) is 0 Å². The van der Waals surface area contributed by atoms with Gasteiger partial charge in [0.25, 0.3) is 10.0 Å². The Morgan fingerprint density at radius 1 is 1.03 bits per heavy atom. The Kier molecular flexibility index (Phi) is 6.42. The molecule has 10 heteroatoms. The smallest absolute Gasteiger partial charge is 0.265 e. The van der Waals surface area contributed by atoms with Crippen molar-refractivity contribution in [3.63, 3.8) is 0 Å². The van der Waals surface area contributed by atoms with Crippen molar-refractivity contribution in [2.24, 2.45) is 0 Å². The maximum atomic E-state index is 12.9. The molecule has 0 amide bonds. The summed E-state index contributed by atoms with van der Waals surface area (Å²) in [5, 5.41) is 0. The number of benzene rings is 2. The van der Waals surface area contributed by atoms with Gasteiger partial charge < -0.3 is 14.0 Å². The first-order valence-corrected chi connectivity index (χ1v) is 11.9. The molecule has 4 rings (SSSR count). The molecule has 8 nitrogen and oxygen atoms in total. The van der Waals surface area contributed by atoms with E-state index in [0.717, 1.165) is 0 Å². The molecule has 0 radical (unpaired) electrons. The Hall–Kier alpha value is -3.37. The van der Waals surface area contributed by atoms with Crippen molar-refractivity contribution >= 4 is 31.6 Å². The van der Waals surface area contributed by atoms with Crippen molar-refractivity contribution in [2.45, 2.75) is 11.8 Å². The van der Waals surface area contributed by atoms with Crippen LogP contribution in [0.25, 0.3) is 5.82 Å². The molecule has 2 aromatic heterocycles. The molecular weight excluding hydrogens is 496 g/mol. The van der Waals surface area contributed by atoms with Crippen LogP contribution in [-0.2, 0) is 10.0 Å². The van der Waals surface area contributed by atoms with Crippen molar-refractivity contribution in [3.8, 4) is 23.2 Å². The molecule has 0 unspecified atom stereocenters. The number of anilines is 1. The van der Waals surface area contributed by atoms with Crippen LogP contribution >= 0.6 is 15.9 Å². The van der Waals surface area contributed by atoms with E-state index in [0.29, 0.717) is 34.2 Å². The van der Waals surface area contributed by atoms with Gasteiger partial charge in [-0.25, -0.2) is 18.4 Å². The van der Waals surface area contributed by atoms with E-state index in [4.69, 9.17) is 9.47 Å². The van der Waals surface area contributed by atoms with Crippen molar-refractivity contribution in [1.82, 2.24) is 14.5 Å². The fourth-order valence-electron chi connectivity index (χ4n) is 2.90. The molecule has 2 heterocycles. The Bertz CT molecular complexity index is 1310. The summed E-state index contributed by atoms with van der Waals surface area (Å²) < 4.78 is 42.1. The monoisotopic (exact) mass is 514 g/mol. The zero-order valence-electron chi connectivity index (χ0n) is 17.0. The van der Waals surface area contributed by atoms with E-state index in [1.807, 2.05) is 29.1 Å². The van der Waals surface area contributed by atoms with E-state index < -0.39 is 10.0 Å². The topological polar surface area (TPSA) is 95.3 Å². The molecule has 0 aliphatic carbocycles. The molecule has 0 fully saturated rings. The van der Waals surface area contributed by atoms with Gasteiger partial charge in [0.1, 0.15) is 28.5 Å². The molecule has 0 spiro atoms. The predicted molar refractivity (Wildman–Crippen MR) is 124 cm³/mol. The average Bonchev–Trinajstić information content (AvgIpc) is 3.32. The summed E-state index contributed by atoms with van der Waals surface area (Å²) in [5.74, 6) is 1.82. The minimum atomic E-state index is -3.86. The highest BCUT2D eigenvalue weighted by Crippen LogP contribution is 2.30. The van der Waals surface area contributed by atoms with Crippen LogP contribution in [0, 0.1) is 0 Å². The number of ether oxygens (including phenoxy) is 2. The van der Waals surface area contributed by atoms with Crippen LogP contribution in [0.3, 0.4) is 0 Å². The number of sulfonamides is 1. The van der Waals surface area contributed by atoms with Crippen LogP contribution in [0.15, 0.2) is 88.8 Å². The van der Waals surface area contributed by atoms with Gasteiger partial charge in [-0.05, 0) is 61.5 Å². The lowest BCUT2D eigenvalue weighted by Gasteiger charge is -2.13. The standard InChI is InChI=1S/C22H19BrN4O4S/c1-2-30-19-10-5-16(23)13-20(19)32(28,29)26-17-6-8-18(9-7-17)31-22-14-21(24-15-25-22)27-11-3-4-12-27/h3-15,26H,2H2,1H3. The van der Waals surface area contributed by atoms with E-state index in [9.17, 15) is 8.42 Å². The number of aromatic nitrogens is 3. The summed E-state index contributed by atoms with van der Waals surface area (Å²) in [6.07, 6.45) is 5.16. The summed E-state index contributed by atoms with van der Waals surface area (Å²) >= 11 is 3.31. The zero-order valence-corrected chi connectivity index (χ0v) is 19.4. The lowest BCUT2D eigenvalue weighted by Crippen LogP contribution is -2.14. The Balaban J connectivity index is 1.50. The van der Waals surface area contributed by atoms with Gasteiger partial charge in [-0.1, -0.05) is 15.9 Å². The summed E-state index contributed by atoms with van der Waals surface area (Å²) in [6.45, 7) is 2.15. The largest absolute Gasteiger partial charge is 0.492 e. The minimum Gasteiger partial charge on any atom is -0.492 e. The quantitative estimate of drug-likeness (QED) is 0.354. The van der Waals surface area contributed by atoms with E-state index in [1.165, 1.54) is 12.4 Å². The lowest BCUT2D eigenvalue weighted by molar-refractivity contribution is 0.331. The summed E-state index contributed by atoms with van der Waals surface area (Å²) in [5.41, 5.74) is 0.385. The normalized spacial score (nSPS) is 11.2. The fraction of sp³-hybridized carbons (Fsp3) is 0.0909. The number of hydrogen-bond acceptors (Lipinski definition) is 6. The Labute approximate surface area is 194 Å². The third-order valence-electron chi connectivity index (χ3n) is 4.32. The van der Waals surface area contributed by atoms with Crippen LogP contribution in [0.2, 0.25) is 0 Å². The van der Waals surface area contributed by atoms with Gasteiger partial charge in [0, 0.05) is 28.6 Å². The fourth-order valence-corrected chi connectivity index (χ4v) is 4.65. The highest BCUT2D eigenvalue weighted by Gasteiger charge is 2.20. The van der Waals surface area contributed by atoms with Crippen molar-refractivity contribution in [3.05, 3.63) is 83.9 Å². The number of nitrogens with zero attached hydrogens (tertiary/aromatic N) is 3. The van der Waals surface area contributed by atoms with Crippen LogP contribution in [0.4, 0.5) is 5.69 Å². The summed E-state index contributed by atoms with van der Waals surface area (Å²) in [4.78, 5) is 8.39. The Morgan fingerprint density at radius 2 is 1.78 bits per heavy atom. The van der Waals surface area contributed by atoms with E-state index >= 15 is 0 Å². The third kappa shape index (κ3) is 5.09. The maximum absolute atomic E-state index is 12.9. The first-order chi connectivity index (χ1) is 15.4. The van der Waals surface area contributed by atoms with Gasteiger partial charge in [0.2, 0.25) is 5.88 Å². The molecule has 1 N–H and O–H groups in total. The molecule has 0 aliphatic heterocycles. The molecule has 2 aromatic carbocycles. The van der Waals surface area contributed by atoms with Crippen molar-refractivity contribution in [1.29, 1.82) is 0 Å². The lowest BCUT2D eigenvalue weighted by atomic mass is 10.3. The second-order valence-electron chi connectivity index (χ2n) is 6.56. The van der Waals surface area contributed by atoms with Crippen LogP contribution in [0.1, 0.15) is 6.92 Å². The predicted octanol–water partition coefficient (Wildman–Crippen LogP) is 5.02. The molecule has 32 heavy (non-hydrogen) atoms. The first kappa shape index (κ1) is 21.8. The third-order valence-corrected chi connectivity index (χ3v) is 6.22. The van der Waals surface area contributed by atoms with Crippen LogP contribution in [-0.4, -0.2) is 29.6 Å². The zero-order chi connectivity index (χ0) is 22.6. The maximum Gasteiger partial charge on any atom is 0.265 e. The highest BCUT2D eigenvalue weighted by molar-refractivity contribution is 9.10. The van der Waals surface area contributed by atoms with Crippen molar-refractivity contribution < 1.29 is 17.9 Å². The van der Waals surface area contributed by atoms with E-state index in [1.54, 1.807) is 49.4 Å². The van der Waals surface area contributed by atoms with Gasteiger partial charge in [0.05, 0.1) is 6.61 Å². The van der Waals surface area contributed by atoms with E-state index in [2.05, 4.69) is 30.6 Å². The molecular formula is C22H19BrN4O4S. The minimum absolute atomic E-state index is 0.0487. The number of hydrogen-bond donors (Lipinski definition) is 1. The molecule has 4 aromatic rings. The number of rotatable bonds is 8. The molecule has 0 saturated heterocycles. The van der Waals surface area contributed by atoms with Gasteiger partial charge in [-0.3, -0.25) is 4.72 Å². The van der Waals surface area contributed by atoms with Gasteiger partial charge in [-0.2, -0.15) is 0 Å². The first-order valence-electron chi connectivity index (χ1n) is 9.63. The van der Waals surface area contributed by atoms with Gasteiger partial charge in [0.15, 0.2) is 0 Å². The highest BCUT2D eigenvalue weighted by atomic mass is 79.9. The van der Waals surface area contributed by atoms with Crippen LogP contribution < -0.4 is 14.2 Å². The number of halogens is 1. The van der Waals surface area contributed by atoms with Crippen LogP contribution in [0.5, 0.6) is 17.4 Å². The molecule has 0 aliphatic rings. The van der Waals surface area contributed by atoms with Crippen molar-refractivity contribution in [2.75, 3.05) is 11.3 Å². The molecule has 0 bridgehead atoms.